The molecule has 4 rings (SSSR count). The van der Waals surface area contributed by atoms with Crippen molar-refractivity contribution in [2.75, 3.05) is 13.1 Å². The number of carbonyl (C=O) groups excluding carboxylic acids is 2. The molecule has 0 unspecified atom stereocenters. The number of ketones is 1. The van der Waals surface area contributed by atoms with Gasteiger partial charge in [0.05, 0.1) is 17.1 Å². The van der Waals surface area contributed by atoms with Gasteiger partial charge in [0.2, 0.25) is 5.91 Å². The van der Waals surface area contributed by atoms with Gasteiger partial charge in [-0.25, -0.2) is 4.98 Å². The van der Waals surface area contributed by atoms with Crippen LogP contribution in [0.25, 0.3) is 0 Å². The highest BCUT2D eigenvalue weighted by atomic mass is 32.1. The van der Waals surface area contributed by atoms with Crippen molar-refractivity contribution in [2.24, 2.45) is 0 Å². The van der Waals surface area contributed by atoms with Crippen LogP contribution in [0.15, 0.2) is 54.3 Å². The van der Waals surface area contributed by atoms with Crippen molar-refractivity contribution in [1.82, 2.24) is 19.4 Å². The zero-order valence-corrected chi connectivity index (χ0v) is 17.8. The number of pyridine rings is 1. The Hall–Kier alpha value is -2.80. The molecular weight excluding hydrogens is 396 g/mol. The molecule has 0 aliphatic carbocycles. The normalized spacial score (nSPS) is 14.7. The van der Waals surface area contributed by atoms with Crippen molar-refractivity contribution in [2.45, 2.75) is 44.6 Å². The number of piperidine rings is 1. The van der Waals surface area contributed by atoms with Gasteiger partial charge in [-0.05, 0) is 42.8 Å². The molecule has 7 heteroatoms. The third-order valence-electron chi connectivity index (χ3n) is 5.61. The minimum atomic E-state index is 0.135. The summed E-state index contributed by atoms with van der Waals surface area (Å²) >= 11 is 1.46. The van der Waals surface area contributed by atoms with Gasteiger partial charge in [0.1, 0.15) is 5.82 Å². The van der Waals surface area contributed by atoms with Gasteiger partial charge >= 0.3 is 0 Å². The number of likely N-dealkylation sites (tertiary alicyclic amines) is 1. The Morgan fingerprint density at radius 1 is 1.03 bits per heavy atom. The molecule has 0 saturated carbocycles. The zero-order chi connectivity index (χ0) is 20.8. The molecule has 1 amide bonds. The molecule has 3 aromatic heterocycles. The smallest absolute Gasteiger partial charge is 0.222 e. The Kier molecular flexibility index (Phi) is 6.69. The van der Waals surface area contributed by atoms with Crippen LogP contribution in [0.2, 0.25) is 0 Å². The highest BCUT2D eigenvalue weighted by Crippen LogP contribution is 2.28. The van der Waals surface area contributed by atoms with Gasteiger partial charge in [-0.3, -0.25) is 14.6 Å². The number of nitrogens with zero attached hydrogens (tertiary/aromatic N) is 4. The summed E-state index contributed by atoms with van der Waals surface area (Å²) in [5.74, 6) is 1.72. The third-order valence-corrected chi connectivity index (χ3v) is 6.52. The molecule has 1 fully saturated rings. The van der Waals surface area contributed by atoms with Crippen molar-refractivity contribution in [3.05, 3.63) is 70.7 Å². The van der Waals surface area contributed by atoms with Crippen LogP contribution in [0.5, 0.6) is 0 Å². The summed E-state index contributed by atoms with van der Waals surface area (Å²) in [4.78, 5) is 36.4. The van der Waals surface area contributed by atoms with E-state index in [2.05, 4.69) is 14.5 Å². The molecule has 0 spiro atoms. The first-order valence-corrected chi connectivity index (χ1v) is 11.3. The van der Waals surface area contributed by atoms with Crippen LogP contribution in [0, 0.1) is 0 Å². The number of thiophene rings is 1. The molecule has 30 heavy (non-hydrogen) atoms. The van der Waals surface area contributed by atoms with Gasteiger partial charge in [0.15, 0.2) is 5.78 Å². The molecule has 0 atom stereocenters. The second kappa shape index (κ2) is 9.80. The van der Waals surface area contributed by atoms with Crippen LogP contribution >= 0.6 is 11.3 Å². The molecule has 1 saturated heterocycles. The summed E-state index contributed by atoms with van der Waals surface area (Å²) in [5, 5.41) is 1.91. The Balaban J connectivity index is 1.24. The van der Waals surface area contributed by atoms with E-state index in [0.29, 0.717) is 31.7 Å². The van der Waals surface area contributed by atoms with E-state index in [0.717, 1.165) is 42.3 Å². The lowest BCUT2D eigenvalue weighted by Crippen LogP contribution is -2.38. The van der Waals surface area contributed by atoms with E-state index in [1.165, 1.54) is 11.3 Å². The maximum absolute atomic E-state index is 12.6. The van der Waals surface area contributed by atoms with E-state index >= 15 is 0 Å². The largest absolute Gasteiger partial charge is 0.343 e. The fourth-order valence-electron chi connectivity index (χ4n) is 3.99. The predicted molar refractivity (Wildman–Crippen MR) is 117 cm³/mol. The number of aromatic nitrogens is 3. The maximum atomic E-state index is 12.6. The van der Waals surface area contributed by atoms with Gasteiger partial charge in [-0.1, -0.05) is 12.1 Å². The molecule has 0 radical (unpaired) electrons. The van der Waals surface area contributed by atoms with Gasteiger partial charge in [0.25, 0.3) is 0 Å². The molecule has 0 aromatic carbocycles. The first kappa shape index (κ1) is 20.5. The van der Waals surface area contributed by atoms with Crippen molar-refractivity contribution >= 4 is 23.0 Å². The number of hydrogen-bond acceptors (Lipinski definition) is 5. The van der Waals surface area contributed by atoms with Crippen LogP contribution in [-0.4, -0.2) is 44.2 Å². The topological polar surface area (TPSA) is 68.1 Å². The summed E-state index contributed by atoms with van der Waals surface area (Å²) < 4.78 is 2.17. The Labute approximate surface area is 180 Å². The Bertz CT molecular complexity index is 960. The SMILES string of the molecule is O=C(CCCC(=O)N1CCC(c2nccn2Cc2ccccn2)CC1)c1cccs1. The standard InChI is InChI=1S/C23H26N4O2S/c28-20(21-7-4-16-30-21)6-3-8-22(29)26-13-9-18(10-14-26)23-25-12-15-27(23)17-19-5-1-2-11-24-19/h1-2,4-5,7,11-12,15-16,18H,3,6,8-10,13-14,17H2. The Morgan fingerprint density at radius 2 is 1.90 bits per heavy atom. The first-order valence-electron chi connectivity index (χ1n) is 10.5. The number of imidazole rings is 1. The molecule has 1 aliphatic rings. The minimum Gasteiger partial charge on any atom is -0.343 e. The third kappa shape index (κ3) is 5.02. The van der Waals surface area contributed by atoms with E-state index in [-0.39, 0.29) is 11.7 Å². The van der Waals surface area contributed by atoms with Crippen LogP contribution in [-0.2, 0) is 11.3 Å². The summed E-state index contributed by atoms with van der Waals surface area (Å²) in [5.41, 5.74) is 1.02. The lowest BCUT2D eigenvalue weighted by Gasteiger charge is -2.32. The molecule has 0 N–H and O–H groups in total. The Morgan fingerprint density at radius 3 is 2.63 bits per heavy atom. The van der Waals surface area contributed by atoms with Crippen molar-refractivity contribution in [3.8, 4) is 0 Å². The number of hydrogen-bond donors (Lipinski definition) is 0. The molecular formula is C23H26N4O2S. The van der Waals surface area contributed by atoms with Crippen LogP contribution < -0.4 is 0 Å². The fourth-order valence-corrected chi connectivity index (χ4v) is 4.68. The average Bonchev–Trinajstić information content (AvgIpc) is 3.47. The molecule has 6 nitrogen and oxygen atoms in total. The van der Waals surface area contributed by atoms with Gasteiger partial charge in [-0.2, -0.15) is 0 Å². The van der Waals surface area contributed by atoms with Crippen molar-refractivity contribution in [3.63, 3.8) is 0 Å². The predicted octanol–water partition coefficient (Wildman–Crippen LogP) is 4.15. The monoisotopic (exact) mass is 422 g/mol. The lowest BCUT2D eigenvalue weighted by atomic mass is 9.95. The molecule has 0 bridgehead atoms. The number of rotatable bonds is 8. The first-order chi connectivity index (χ1) is 14.7. The van der Waals surface area contributed by atoms with Crippen LogP contribution in [0.1, 0.15) is 59.2 Å². The quantitative estimate of drug-likeness (QED) is 0.512. The fraction of sp³-hybridized carbons (Fsp3) is 0.391. The van der Waals surface area contributed by atoms with E-state index in [1.54, 1.807) is 0 Å². The van der Waals surface area contributed by atoms with Gasteiger partial charge < -0.3 is 9.47 Å². The average molecular weight is 423 g/mol. The molecule has 3 aromatic rings. The number of carbonyl (C=O) groups is 2. The summed E-state index contributed by atoms with van der Waals surface area (Å²) in [6, 6.07) is 9.67. The van der Waals surface area contributed by atoms with E-state index < -0.39 is 0 Å². The second-order valence-corrected chi connectivity index (χ2v) is 8.59. The van der Waals surface area contributed by atoms with E-state index in [9.17, 15) is 9.59 Å². The van der Waals surface area contributed by atoms with Crippen molar-refractivity contribution in [1.29, 1.82) is 0 Å². The summed E-state index contributed by atoms with van der Waals surface area (Å²) in [6.07, 6.45) is 8.99. The second-order valence-electron chi connectivity index (χ2n) is 7.64. The minimum absolute atomic E-state index is 0.135. The van der Waals surface area contributed by atoms with Crippen LogP contribution in [0.4, 0.5) is 0 Å². The van der Waals surface area contributed by atoms with Gasteiger partial charge in [-0.15, -0.1) is 11.3 Å². The molecule has 4 heterocycles. The van der Waals surface area contributed by atoms with Crippen molar-refractivity contribution < 1.29 is 9.59 Å². The zero-order valence-electron chi connectivity index (χ0n) is 16.9. The number of amides is 1. The number of Topliss-reactive ketones (excluding diaryl/α,β-unsaturated/α-hetero) is 1. The van der Waals surface area contributed by atoms with Crippen LogP contribution in [0.3, 0.4) is 0 Å². The highest BCUT2D eigenvalue weighted by Gasteiger charge is 2.26. The summed E-state index contributed by atoms with van der Waals surface area (Å²) in [6.45, 7) is 2.21. The molecule has 1 aliphatic heterocycles. The maximum Gasteiger partial charge on any atom is 0.222 e. The lowest BCUT2D eigenvalue weighted by molar-refractivity contribution is -0.132. The highest BCUT2D eigenvalue weighted by molar-refractivity contribution is 7.12. The molecule has 156 valence electrons. The summed E-state index contributed by atoms with van der Waals surface area (Å²) in [7, 11) is 0. The van der Waals surface area contributed by atoms with Gasteiger partial charge in [0, 0.05) is 50.4 Å². The van der Waals surface area contributed by atoms with E-state index in [4.69, 9.17) is 0 Å². The van der Waals surface area contributed by atoms with E-state index in [1.807, 2.05) is 59.2 Å².